The van der Waals surface area contributed by atoms with E-state index >= 15 is 0 Å². The van der Waals surface area contributed by atoms with Crippen LogP contribution in [0.2, 0.25) is 5.02 Å². The standard InChI is InChI=1S/C17H15BrClNS/c1-10-5-3-7-12(15(10)19)16(20-2)13-9-21-17-11(13)6-4-8-14(17)18/h3-9,16,20H,1-2H3. The first kappa shape index (κ1) is 15.0. The molecule has 2 aromatic carbocycles. The molecule has 0 saturated heterocycles. The molecule has 1 unspecified atom stereocenters. The average Bonchev–Trinajstić information content (AvgIpc) is 2.90. The first-order valence-corrected chi connectivity index (χ1v) is 8.76. The molecule has 3 aromatic rings. The van der Waals surface area contributed by atoms with Gasteiger partial charge in [-0.15, -0.1) is 11.3 Å². The van der Waals surface area contributed by atoms with Crippen LogP contribution in [0.25, 0.3) is 10.1 Å². The van der Waals surface area contributed by atoms with E-state index in [1.165, 1.54) is 15.6 Å². The van der Waals surface area contributed by atoms with E-state index < -0.39 is 0 Å². The van der Waals surface area contributed by atoms with Crippen LogP contribution >= 0.6 is 38.9 Å². The van der Waals surface area contributed by atoms with Crippen molar-refractivity contribution in [2.75, 3.05) is 7.05 Å². The Bertz CT molecular complexity index is 797. The molecular weight excluding hydrogens is 366 g/mol. The molecule has 0 amide bonds. The van der Waals surface area contributed by atoms with Crippen LogP contribution in [-0.2, 0) is 0 Å². The Hall–Kier alpha value is -0.870. The van der Waals surface area contributed by atoms with Gasteiger partial charge in [0.05, 0.1) is 6.04 Å². The Labute approximate surface area is 142 Å². The second kappa shape index (κ2) is 6.09. The molecule has 108 valence electrons. The minimum Gasteiger partial charge on any atom is -0.309 e. The van der Waals surface area contributed by atoms with Gasteiger partial charge >= 0.3 is 0 Å². The molecule has 1 heterocycles. The summed E-state index contributed by atoms with van der Waals surface area (Å²) in [5, 5.41) is 7.73. The molecule has 1 atom stereocenters. The van der Waals surface area contributed by atoms with Gasteiger partial charge in [-0.3, -0.25) is 0 Å². The van der Waals surface area contributed by atoms with Gasteiger partial charge in [0.2, 0.25) is 0 Å². The van der Waals surface area contributed by atoms with Crippen LogP contribution in [0.1, 0.15) is 22.7 Å². The number of fused-ring (bicyclic) bond motifs is 1. The SMILES string of the molecule is CNC(c1cccc(C)c1Cl)c1csc2c(Br)cccc12. The Morgan fingerprint density at radius 3 is 2.67 bits per heavy atom. The lowest BCUT2D eigenvalue weighted by molar-refractivity contribution is 0.698. The molecule has 21 heavy (non-hydrogen) atoms. The number of hydrogen-bond donors (Lipinski definition) is 1. The van der Waals surface area contributed by atoms with Crippen molar-refractivity contribution in [1.29, 1.82) is 0 Å². The van der Waals surface area contributed by atoms with Gasteiger partial charge in [-0.2, -0.15) is 0 Å². The molecule has 1 aromatic heterocycles. The maximum absolute atomic E-state index is 6.52. The highest BCUT2D eigenvalue weighted by Gasteiger charge is 2.20. The van der Waals surface area contributed by atoms with Crippen LogP contribution in [0.5, 0.6) is 0 Å². The highest BCUT2D eigenvalue weighted by atomic mass is 79.9. The van der Waals surface area contributed by atoms with E-state index in [9.17, 15) is 0 Å². The summed E-state index contributed by atoms with van der Waals surface area (Å²) in [7, 11) is 1.98. The van der Waals surface area contributed by atoms with Gasteiger partial charge < -0.3 is 5.32 Å². The molecule has 0 radical (unpaired) electrons. The van der Waals surface area contributed by atoms with Crippen LogP contribution in [0.15, 0.2) is 46.3 Å². The topological polar surface area (TPSA) is 12.0 Å². The minimum atomic E-state index is 0.0976. The smallest absolute Gasteiger partial charge is 0.0603 e. The molecule has 0 saturated carbocycles. The first-order chi connectivity index (χ1) is 10.1. The zero-order valence-electron chi connectivity index (χ0n) is 11.8. The summed E-state index contributed by atoms with van der Waals surface area (Å²) < 4.78 is 2.41. The maximum Gasteiger partial charge on any atom is 0.0603 e. The fourth-order valence-electron chi connectivity index (χ4n) is 2.64. The number of aryl methyl sites for hydroxylation is 1. The van der Waals surface area contributed by atoms with Gasteiger partial charge in [0.25, 0.3) is 0 Å². The van der Waals surface area contributed by atoms with Crippen LogP contribution in [0.3, 0.4) is 0 Å². The molecule has 0 spiro atoms. The Morgan fingerprint density at radius 1 is 1.14 bits per heavy atom. The second-order valence-corrected chi connectivity index (χ2v) is 7.12. The fraction of sp³-hybridized carbons (Fsp3) is 0.176. The van der Waals surface area contributed by atoms with Crippen LogP contribution in [0.4, 0.5) is 0 Å². The number of hydrogen-bond acceptors (Lipinski definition) is 2. The van der Waals surface area contributed by atoms with E-state index in [0.29, 0.717) is 0 Å². The number of rotatable bonds is 3. The molecule has 0 bridgehead atoms. The number of thiophene rings is 1. The molecule has 4 heteroatoms. The van der Waals surface area contributed by atoms with Crippen molar-refractivity contribution < 1.29 is 0 Å². The third-order valence-corrected chi connectivity index (χ3v) is 6.20. The second-order valence-electron chi connectivity index (χ2n) is 5.01. The molecule has 0 fully saturated rings. The summed E-state index contributed by atoms with van der Waals surface area (Å²) in [6.45, 7) is 2.04. The molecule has 3 rings (SSSR count). The highest BCUT2D eigenvalue weighted by molar-refractivity contribution is 9.10. The largest absolute Gasteiger partial charge is 0.309 e. The summed E-state index contributed by atoms with van der Waals surface area (Å²) >= 11 is 11.9. The Kier molecular flexibility index (Phi) is 4.36. The average molecular weight is 381 g/mol. The molecule has 0 aliphatic rings. The van der Waals surface area contributed by atoms with Crippen molar-refractivity contribution in [2.24, 2.45) is 0 Å². The zero-order chi connectivity index (χ0) is 15.0. The predicted molar refractivity (Wildman–Crippen MR) is 96.6 cm³/mol. The van der Waals surface area contributed by atoms with Crippen LogP contribution in [0, 0.1) is 6.92 Å². The van der Waals surface area contributed by atoms with Crippen molar-refractivity contribution in [3.8, 4) is 0 Å². The normalized spacial score (nSPS) is 12.8. The van der Waals surface area contributed by atoms with E-state index in [-0.39, 0.29) is 6.04 Å². The lowest BCUT2D eigenvalue weighted by Gasteiger charge is -2.19. The lowest BCUT2D eigenvalue weighted by atomic mass is 9.97. The van der Waals surface area contributed by atoms with Crippen LogP contribution in [-0.4, -0.2) is 7.05 Å². The molecule has 1 nitrogen and oxygen atoms in total. The van der Waals surface area contributed by atoms with Gasteiger partial charge in [-0.05, 0) is 63.4 Å². The molecule has 0 aliphatic carbocycles. The quantitative estimate of drug-likeness (QED) is 0.593. The van der Waals surface area contributed by atoms with Gasteiger partial charge in [0.15, 0.2) is 0 Å². The fourth-order valence-corrected chi connectivity index (χ4v) is 4.52. The van der Waals surface area contributed by atoms with Gasteiger partial charge in [0, 0.05) is 14.2 Å². The van der Waals surface area contributed by atoms with E-state index in [2.05, 4.69) is 57.0 Å². The van der Waals surface area contributed by atoms with E-state index in [1.807, 2.05) is 20.0 Å². The van der Waals surface area contributed by atoms with E-state index in [1.54, 1.807) is 11.3 Å². The van der Waals surface area contributed by atoms with Crippen molar-refractivity contribution in [3.63, 3.8) is 0 Å². The zero-order valence-corrected chi connectivity index (χ0v) is 14.9. The number of halogens is 2. The van der Waals surface area contributed by atoms with Crippen molar-refractivity contribution in [1.82, 2.24) is 5.32 Å². The summed E-state index contributed by atoms with van der Waals surface area (Å²) in [5.41, 5.74) is 3.50. The molecule has 0 aliphatic heterocycles. The summed E-state index contributed by atoms with van der Waals surface area (Å²) in [4.78, 5) is 0. The van der Waals surface area contributed by atoms with E-state index in [0.717, 1.165) is 20.6 Å². The third-order valence-electron chi connectivity index (χ3n) is 3.71. The maximum atomic E-state index is 6.52. The summed E-state index contributed by atoms with van der Waals surface area (Å²) in [5.74, 6) is 0. The Morgan fingerprint density at radius 2 is 1.90 bits per heavy atom. The highest BCUT2D eigenvalue weighted by Crippen LogP contribution is 2.39. The third kappa shape index (κ3) is 2.64. The Balaban J connectivity index is 2.19. The van der Waals surface area contributed by atoms with E-state index in [4.69, 9.17) is 11.6 Å². The predicted octanol–water partition coefficient (Wildman–Crippen LogP) is 5.93. The van der Waals surface area contributed by atoms with Gasteiger partial charge in [-0.1, -0.05) is 41.9 Å². The molecular formula is C17H15BrClNS. The van der Waals surface area contributed by atoms with Gasteiger partial charge in [-0.25, -0.2) is 0 Å². The molecule has 1 N–H and O–H groups in total. The van der Waals surface area contributed by atoms with Gasteiger partial charge in [0.1, 0.15) is 0 Å². The first-order valence-electron chi connectivity index (χ1n) is 6.71. The number of benzene rings is 2. The van der Waals surface area contributed by atoms with Crippen LogP contribution < -0.4 is 5.32 Å². The summed E-state index contributed by atoms with van der Waals surface area (Å²) in [6, 6.07) is 12.6. The minimum absolute atomic E-state index is 0.0976. The number of nitrogens with one attached hydrogen (secondary N) is 1. The summed E-state index contributed by atoms with van der Waals surface area (Å²) in [6.07, 6.45) is 0. The lowest BCUT2D eigenvalue weighted by Crippen LogP contribution is -2.17. The monoisotopic (exact) mass is 379 g/mol. The van der Waals surface area contributed by atoms with Crippen molar-refractivity contribution in [3.05, 3.63) is 68.0 Å². The van der Waals surface area contributed by atoms with Crippen molar-refractivity contribution >= 4 is 49.0 Å². The van der Waals surface area contributed by atoms with Crippen molar-refractivity contribution in [2.45, 2.75) is 13.0 Å².